The van der Waals surface area contributed by atoms with Gasteiger partial charge in [0, 0.05) is 18.7 Å². The van der Waals surface area contributed by atoms with Crippen molar-refractivity contribution >= 4 is 40.1 Å². The second-order valence-electron chi connectivity index (χ2n) is 7.90. The van der Waals surface area contributed by atoms with Crippen LogP contribution in [0.1, 0.15) is 12.0 Å². The first-order valence-electron chi connectivity index (χ1n) is 11.2. The van der Waals surface area contributed by atoms with Crippen molar-refractivity contribution in [3.63, 3.8) is 0 Å². The van der Waals surface area contributed by atoms with Crippen molar-refractivity contribution in [1.82, 2.24) is 4.90 Å². The van der Waals surface area contributed by atoms with E-state index in [-0.39, 0.29) is 18.2 Å². The number of thioether (sulfide) groups is 1. The summed E-state index contributed by atoms with van der Waals surface area (Å²) in [5.41, 5.74) is 2.46. The Bertz CT molecular complexity index is 1180. The van der Waals surface area contributed by atoms with Gasteiger partial charge >= 0.3 is 0 Å². The van der Waals surface area contributed by atoms with Crippen LogP contribution in [0.4, 0.5) is 11.4 Å². The number of aliphatic imine (C=N–C) groups is 1. The lowest BCUT2D eigenvalue weighted by atomic mass is 10.1. The van der Waals surface area contributed by atoms with E-state index in [4.69, 9.17) is 14.5 Å². The third-order valence-electron chi connectivity index (χ3n) is 5.55. The molecule has 1 fully saturated rings. The van der Waals surface area contributed by atoms with Crippen LogP contribution in [-0.4, -0.2) is 47.9 Å². The highest BCUT2D eigenvalue weighted by Crippen LogP contribution is 2.30. The first-order chi connectivity index (χ1) is 17.1. The van der Waals surface area contributed by atoms with Gasteiger partial charge in [-0.25, -0.2) is 4.99 Å². The molecule has 1 atom stereocenters. The molecule has 35 heavy (non-hydrogen) atoms. The Morgan fingerprint density at radius 2 is 1.60 bits per heavy atom. The number of nitrogens with one attached hydrogen (secondary N) is 1. The van der Waals surface area contributed by atoms with Crippen LogP contribution in [0.2, 0.25) is 0 Å². The van der Waals surface area contributed by atoms with Gasteiger partial charge in [0.15, 0.2) is 5.17 Å². The minimum atomic E-state index is -0.579. The summed E-state index contributed by atoms with van der Waals surface area (Å²) in [6, 6.07) is 24.3. The molecule has 0 spiro atoms. The van der Waals surface area contributed by atoms with E-state index >= 15 is 0 Å². The molecule has 1 saturated heterocycles. The Hall–Kier alpha value is -3.78. The highest BCUT2D eigenvalue weighted by atomic mass is 32.2. The Labute approximate surface area is 209 Å². The van der Waals surface area contributed by atoms with Crippen LogP contribution >= 0.6 is 11.8 Å². The summed E-state index contributed by atoms with van der Waals surface area (Å²) in [5, 5.41) is 2.84. The average Bonchev–Trinajstić information content (AvgIpc) is 2.89. The number of nitrogens with zero attached hydrogens (tertiary/aromatic N) is 2. The molecular weight excluding hydrogens is 462 g/mol. The smallest absolute Gasteiger partial charge is 0.238 e. The van der Waals surface area contributed by atoms with E-state index in [2.05, 4.69) is 5.32 Å². The van der Waals surface area contributed by atoms with Crippen molar-refractivity contribution in [2.45, 2.75) is 18.1 Å². The maximum absolute atomic E-state index is 13.2. The number of benzene rings is 3. The van der Waals surface area contributed by atoms with Gasteiger partial charge in [0.25, 0.3) is 0 Å². The number of para-hydroxylation sites is 1. The van der Waals surface area contributed by atoms with Crippen LogP contribution in [0.5, 0.6) is 11.5 Å². The first-order valence-corrected chi connectivity index (χ1v) is 12.1. The van der Waals surface area contributed by atoms with Crippen LogP contribution in [0, 0.1) is 0 Å². The van der Waals surface area contributed by atoms with Crippen molar-refractivity contribution in [2.75, 3.05) is 26.1 Å². The molecule has 1 N–H and O–H groups in total. The molecule has 180 valence electrons. The number of amides is 2. The molecule has 1 aliphatic heterocycles. The van der Waals surface area contributed by atoms with E-state index in [0.29, 0.717) is 29.6 Å². The zero-order chi connectivity index (χ0) is 24.6. The van der Waals surface area contributed by atoms with Crippen molar-refractivity contribution in [3.05, 3.63) is 84.4 Å². The highest BCUT2D eigenvalue weighted by Gasteiger charge is 2.35. The molecular formula is C27H27N3O4S. The lowest BCUT2D eigenvalue weighted by molar-refractivity contribution is -0.129. The molecule has 0 aliphatic carbocycles. The van der Waals surface area contributed by atoms with Crippen molar-refractivity contribution in [2.24, 2.45) is 4.99 Å². The number of anilines is 1. The third-order valence-corrected chi connectivity index (χ3v) is 6.74. The predicted octanol–water partition coefficient (Wildman–Crippen LogP) is 4.91. The first kappa shape index (κ1) is 24.3. The van der Waals surface area contributed by atoms with Gasteiger partial charge in [0.05, 0.1) is 19.9 Å². The summed E-state index contributed by atoms with van der Waals surface area (Å²) in [6.45, 7) is 0.469. The molecule has 0 radical (unpaired) electrons. The number of ether oxygens (including phenoxy) is 2. The zero-order valence-electron chi connectivity index (χ0n) is 19.6. The topological polar surface area (TPSA) is 80.2 Å². The van der Waals surface area contributed by atoms with Gasteiger partial charge in [-0.2, -0.15) is 0 Å². The Balaban J connectivity index is 1.50. The predicted molar refractivity (Wildman–Crippen MR) is 140 cm³/mol. The van der Waals surface area contributed by atoms with Gasteiger partial charge in [0.2, 0.25) is 11.8 Å². The Morgan fingerprint density at radius 1 is 0.971 bits per heavy atom. The van der Waals surface area contributed by atoms with Crippen molar-refractivity contribution < 1.29 is 19.1 Å². The molecule has 0 unspecified atom stereocenters. The van der Waals surface area contributed by atoms with E-state index in [1.54, 1.807) is 43.4 Å². The third kappa shape index (κ3) is 6.42. The van der Waals surface area contributed by atoms with E-state index in [1.165, 1.54) is 11.8 Å². The van der Waals surface area contributed by atoms with Crippen LogP contribution in [0.15, 0.2) is 83.9 Å². The number of rotatable bonds is 8. The monoisotopic (exact) mass is 489 g/mol. The quantitative estimate of drug-likeness (QED) is 0.487. The summed E-state index contributed by atoms with van der Waals surface area (Å²) < 4.78 is 10.4. The maximum atomic E-state index is 13.2. The van der Waals surface area contributed by atoms with E-state index in [1.807, 2.05) is 54.6 Å². The molecule has 0 bridgehead atoms. The zero-order valence-corrected chi connectivity index (χ0v) is 20.5. The summed E-state index contributed by atoms with van der Waals surface area (Å²) in [6.07, 6.45) is 0.760. The fourth-order valence-electron chi connectivity index (χ4n) is 3.60. The molecule has 8 heteroatoms. The van der Waals surface area contributed by atoms with Gasteiger partial charge < -0.3 is 14.8 Å². The summed E-state index contributed by atoms with van der Waals surface area (Å²) in [7, 11) is 3.22. The normalized spacial score (nSPS) is 16.7. The molecule has 3 aromatic rings. The van der Waals surface area contributed by atoms with E-state index in [9.17, 15) is 9.59 Å². The number of methoxy groups -OCH3 is 2. The van der Waals surface area contributed by atoms with Gasteiger partial charge in [-0.05, 0) is 60.5 Å². The summed E-state index contributed by atoms with van der Waals surface area (Å²) in [5.74, 6) is 1.14. The van der Waals surface area contributed by atoms with Gasteiger partial charge in [-0.15, -0.1) is 0 Å². The van der Waals surface area contributed by atoms with Crippen molar-refractivity contribution in [1.29, 1.82) is 0 Å². The number of hydrogen-bond donors (Lipinski definition) is 1. The lowest BCUT2D eigenvalue weighted by Crippen LogP contribution is -2.46. The van der Waals surface area contributed by atoms with E-state index < -0.39 is 5.25 Å². The molecule has 4 rings (SSSR count). The molecule has 1 heterocycles. The number of carbonyl (C=O) groups is 2. The number of carbonyl (C=O) groups excluding carboxylic acids is 2. The average molecular weight is 490 g/mol. The standard InChI is InChI=1S/C27H27N3O4S/c1-33-22-12-8-19(9-13-22)16-17-30-25(31)18-24(35-27(30)29-20-6-4-3-5-7-20)26(32)28-21-10-14-23(34-2)15-11-21/h3-15,24H,16-18H2,1-2H3,(H,28,32)/t24-/m0/s1. The minimum absolute atomic E-state index is 0.100. The van der Waals surface area contributed by atoms with Crippen LogP contribution in [-0.2, 0) is 16.0 Å². The Morgan fingerprint density at radius 3 is 2.23 bits per heavy atom. The largest absolute Gasteiger partial charge is 0.497 e. The fraction of sp³-hybridized carbons (Fsp3) is 0.222. The van der Waals surface area contributed by atoms with E-state index in [0.717, 1.165) is 17.0 Å². The Kier molecular flexibility index (Phi) is 8.05. The van der Waals surface area contributed by atoms with Crippen LogP contribution in [0.25, 0.3) is 0 Å². The number of hydrogen-bond acceptors (Lipinski definition) is 6. The lowest BCUT2D eigenvalue weighted by Gasteiger charge is -2.32. The SMILES string of the molecule is COc1ccc(CCN2C(=O)C[C@@H](C(=O)Nc3ccc(OC)cc3)SC2=Nc2ccccc2)cc1. The maximum Gasteiger partial charge on any atom is 0.238 e. The van der Waals surface area contributed by atoms with Gasteiger partial charge in [-0.1, -0.05) is 42.1 Å². The van der Waals surface area contributed by atoms with Crippen LogP contribution < -0.4 is 14.8 Å². The highest BCUT2D eigenvalue weighted by molar-refractivity contribution is 8.15. The minimum Gasteiger partial charge on any atom is -0.497 e. The summed E-state index contributed by atoms with van der Waals surface area (Å²) >= 11 is 1.31. The molecule has 3 aromatic carbocycles. The van der Waals surface area contributed by atoms with Gasteiger partial charge in [-0.3, -0.25) is 14.5 Å². The molecule has 1 aliphatic rings. The second-order valence-corrected chi connectivity index (χ2v) is 9.07. The molecule has 7 nitrogen and oxygen atoms in total. The van der Waals surface area contributed by atoms with Crippen molar-refractivity contribution in [3.8, 4) is 11.5 Å². The number of amidine groups is 1. The summed E-state index contributed by atoms with van der Waals surface area (Å²) in [4.78, 5) is 32.6. The fourth-order valence-corrected chi connectivity index (χ4v) is 4.73. The molecule has 0 saturated carbocycles. The van der Waals surface area contributed by atoms with Gasteiger partial charge in [0.1, 0.15) is 16.7 Å². The van der Waals surface area contributed by atoms with Crippen LogP contribution in [0.3, 0.4) is 0 Å². The molecule has 0 aromatic heterocycles. The molecule has 2 amide bonds. The second kappa shape index (κ2) is 11.6.